The van der Waals surface area contributed by atoms with E-state index in [4.69, 9.17) is 4.74 Å². The van der Waals surface area contributed by atoms with E-state index >= 15 is 0 Å². The van der Waals surface area contributed by atoms with Gasteiger partial charge < -0.3 is 9.72 Å². The number of ketones is 1. The van der Waals surface area contributed by atoms with Crippen molar-refractivity contribution < 1.29 is 13.9 Å². The lowest BCUT2D eigenvalue weighted by atomic mass is 9.80. The molecule has 150 valence electrons. The number of para-hydroxylation sites is 2. The lowest BCUT2D eigenvalue weighted by molar-refractivity contribution is -0.126. The summed E-state index contributed by atoms with van der Waals surface area (Å²) in [5.74, 6) is 0.392. The first-order valence-corrected chi connectivity index (χ1v) is 9.81. The minimum absolute atomic E-state index is 0.0229. The molecule has 30 heavy (non-hydrogen) atoms. The molecule has 0 spiro atoms. The Bertz CT molecular complexity index is 1200. The summed E-state index contributed by atoms with van der Waals surface area (Å²) in [6.07, 6.45) is 4.60. The number of imidazole rings is 1. The number of aromatic amines is 1. The van der Waals surface area contributed by atoms with Crippen molar-refractivity contribution >= 4 is 16.8 Å². The summed E-state index contributed by atoms with van der Waals surface area (Å²) in [6.45, 7) is 1.60. The number of halogens is 1. The fourth-order valence-electron chi connectivity index (χ4n) is 3.64. The van der Waals surface area contributed by atoms with Crippen LogP contribution in [-0.4, -0.2) is 31.8 Å². The number of hydrogen-bond acceptors (Lipinski definition) is 5. The first kappa shape index (κ1) is 18.4. The van der Waals surface area contributed by atoms with Gasteiger partial charge in [0.15, 0.2) is 0 Å². The van der Waals surface area contributed by atoms with E-state index in [0.717, 1.165) is 11.0 Å². The first-order valence-electron chi connectivity index (χ1n) is 9.81. The Balaban J connectivity index is 1.32. The summed E-state index contributed by atoms with van der Waals surface area (Å²) < 4.78 is 20.5. The predicted octanol–water partition coefficient (Wildman–Crippen LogP) is 4.57. The number of hydrogen-bond donors (Lipinski definition) is 1. The highest BCUT2D eigenvalue weighted by Gasteiger charge is 2.34. The molecule has 7 heteroatoms. The summed E-state index contributed by atoms with van der Waals surface area (Å²) >= 11 is 0. The molecule has 1 aliphatic carbocycles. The zero-order valence-corrected chi connectivity index (χ0v) is 16.3. The van der Waals surface area contributed by atoms with Crippen molar-refractivity contribution in [1.82, 2.24) is 19.9 Å². The lowest BCUT2D eigenvalue weighted by Crippen LogP contribution is -2.37. The molecule has 0 radical (unpaired) electrons. The van der Waals surface area contributed by atoms with Crippen LogP contribution >= 0.6 is 0 Å². The molecule has 0 atom stereocenters. The van der Waals surface area contributed by atoms with E-state index in [1.165, 1.54) is 6.07 Å². The standard InChI is InChI=1S/C23H19FN4O2/c1-13(29)15-8-17(9-15)30-23-25-11-16(12-26-23)14-6-7-18(19(24)10-14)22-27-20-4-2-3-5-21(20)28-22/h2-7,10-12,15,17H,8-9H2,1H3,(H,27,28). The SMILES string of the molecule is CC(=O)C1CC(Oc2ncc(-c3ccc(-c4nc5ccccc5[nH]4)c(F)c3)cn2)C1. The highest BCUT2D eigenvalue weighted by molar-refractivity contribution is 5.80. The van der Waals surface area contributed by atoms with Crippen LogP contribution in [0.25, 0.3) is 33.5 Å². The minimum Gasteiger partial charge on any atom is -0.460 e. The Morgan fingerprint density at radius 1 is 1.10 bits per heavy atom. The molecule has 4 aromatic rings. The molecule has 1 aliphatic rings. The van der Waals surface area contributed by atoms with Gasteiger partial charge in [-0.05, 0) is 49.6 Å². The van der Waals surface area contributed by atoms with Crippen LogP contribution in [0.3, 0.4) is 0 Å². The molecule has 0 amide bonds. The number of aromatic nitrogens is 4. The molecule has 2 aromatic carbocycles. The Labute approximate surface area is 172 Å². The molecule has 6 nitrogen and oxygen atoms in total. The number of H-pyrrole nitrogens is 1. The molecule has 0 saturated heterocycles. The Hall–Kier alpha value is -3.61. The average molecular weight is 402 g/mol. The van der Waals surface area contributed by atoms with Gasteiger partial charge in [-0.25, -0.2) is 19.3 Å². The summed E-state index contributed by atoms with van der Waals surface area (Å²) in [5, 5.41) is 0. The van der Waals surface area contributed by atoms with Crippen LogP contribution in [0.15, 0.2) is 54.9 Å². The van der Waals surface area contributed by atoms with Crippen LogP contribution in [0.4, 0.5) is 4.39 Å². The van der Waals surface area contributed by atoms with E-state index in [9.17, 15) is 9.18 Å². The molecule has 2 heterocycles. The number of carbonyl (C=O) groups is 1. The van der Waals surface area contributed by atoms with Gasteiger partial charge in [0.1, 0.15) is 23.5 Å². The number of nitrogens with zero attached hydrogens (tertiary/aromatic N) is 3. The quantitative estimate of drug-likeness (QED) is 0.529. The molecule has 0 unspecified atom stereocenters. The van der Waals surface area contributed by atoms with E-state index in [0.29, 0.717) is 35.4 Å². The van der Waals surface area contributed by atoms with Gasteiger partial charge in [-0.1, -0.05) is 18.2 Å². The van der Waals surface area contributed by atoms with E-state index < -0.39 is 0 Å². The maximum atomic E-state index is 14.8. The van der Waals surface area contributed by atoms with Crippen molar-refractivity contribution in [3.05, 3.63) is 60.7 Å². The zero-order chi connectivity index (χ0) is 20.7. The number of fused-ring (bicyclic) bond motifs is 1. The maximum Gasteiger partial charge on any atom is 0.316 e. The van der Waals surface area contributed by atoms with Crippen molar-refractivity contribution in [2.24, 2.45) is 5.92 Å². The molecule has 1 fully saturated rings. The molecular weight excluding hydrogens is 383 g/mol. The van der Waals surface area contributed by atoms with Gasteiger partial charge in [0.25, 0.3) is 0 Å². The largest absolute Gasteiger partial charge is 0.460 e. The van der Waals surface area contributed by atoms with Gasteiger partial charge in [0.2, 0.25) is 0 Å². The van der Waals surface area contributed by atoms with Gasteiger partial charge in [-0.2, -0.15) is 0 Å². The molecule has 2 aromatic heterocycles. The smallest absolute Gasteiger partial charge is 0.316 e. The highest BCUT2D eigenvalue weighted by atomic mass is 19.1. The monoisotopic (exact) mass is 402 g/mol. The van der Waals surface area contributed by atoms with Crippen LogP contribution in [0.1, 0.15) is 19.8 Å². The number of Topliss-reactive ketones (excluding diaryl/α,β-unsaturated/α-hetero) is 1. The van der Waals surface area contributed by atoms with Crippen molar-refractivity contribution in [3.63, 3.8) is 0 Å². The topological polar surface area (TPSA) is 80.8 Å². The fraction of sp³-hybridized carbons (Fsp3) is 0.217. The number of nitrogens with one attached hydrogen (secondary N) is 1. The third-order valence-electron chi connectivity index (χ3n) is 5.52. The first-order chi connectivity index (χ1) is 14.6. The van der Waals surface area contributed by atoms with Crippen molar-refractivity contribution in [3.8, 4) is 28.5 Å². The minimum atomic E-state index is -0.378. The highest BCUT2D eigenvalue weighted by Crippen LogP contribution is 2.31. The number of carbonyl (C=O) groups excluding carboxylic acids is 1. The van der Waals surface area contributed by atoms with E-state index in [2.05, 4.69) is 19.9 Å². The van der Waals surface area contributed by atoms with Gasteiger partial charge in [0, 0.05) is 23.9 Å². The van der Waals surface area contributed by atoms with Crippen LogP contribution in [-0.2, 0) is 4.79 Å². The molecule has 0 aliphatic heterocycles. The van der Waals surface area contributed by atoms with Crippen LogP contribution in [0, 0.1) is 11.7 Å². The van der Waals surface area contributed by atoms with Gasteiger partial charge >= 0.3 is 6.01 Å². The zero-order valence-electron chi connectivity index (χ0n) is 16.3. The molecule has 1 saturated carbocycles. The summed E-state index contributed by atoms with van der Waals surface area (Å²) in [6, 6.07) is 12.8. The molecular formula is C23H19FN4O2. The second-order valence-electron chi connectivity index (χ2n) is 7.57. The Kier molecular flexibility index (Phi) is 4.50. The van der Waals surface area contributed by atoms with Crippen molar-refractivity contribution in [2.75, 3.05) is 0 Å². The summed E-state index contributed by atoms with van der Waals surface area (Å²) in [7, 11) is 0. The number of rotatable bonds is 5. The lowest BCUT2D eigenvalue weighted by Gasteiger charge is -2.32. The van der Waals surface area contributed by atoms with E-state index in [-0.39, 0.29) is 29.6 Å². The van der Waals surface area contributed by atoms with Crippen LogP contribution < -0.4 is 4.74 Å². The number of ether oxygens (including phenoxy) is 1. The van der Waals surface area contributed by atoms with Crippen molar-refractivity contribution in [1.29, 1.82) is 0 Å². The third-order valence-corrected chi connectivity index (χ3v) is 5.52. The molecule has 0 bridgehead atoms. The third kappa shape index (κ3) is 3.43. The average Bonchev–Trinajstić information content (AvgIpc) is 3.14. The van der Waals surface area contributed by atoms with Crippen molar-refractivity contribution in [2.45, 2.75) is 25.9 Å². The molecule has 1 N–H and O–H groups in total. The Morgan fingerprint density at radius 2 is 1.87 bits per heavy atom. The van der Waals surface area contributed by atoms with E-state index in [1.807, 2.05) is 30.3 Å². The fourth-order valence-corrected chi connectivity index (χ4v) is 3.64. The normalized spacial score (nSPS) is 18.2. The summed E-state index contributed by atoms with van der Waals surface area (Å²) in [4.78, 5) is 27.3. The Morgan fingerprint density at radius 3 is 2.57 bits per heavy atom. The van der Waals surface area contributed by atoms with Gasteiger partial charge in [-0.3, -0.25) is 4.79 Å². The van der Waals surface area contributed by atoms with Gasteiger partial charge in [-0.15, -0.1) is 0 Å². The summed E-state index contributed by atoms with van der Waals surface area (Å²) in [5.41, 5.74) is 3.41. The van der Waals surface area contributed by atoms with Crippen LogP contribution in [0.5, 0.6) is 6.01 Å². The predicted molar refractivity (Wildman–Crippen MR) is 110 cm³/mol. The van der Waals surface area contributed by atoms with Crippen LogP contribution in [0.2, 0.25) is 0 Å². The number of benzene rings is 2. The second kappa shape index (κ2) is 7.33. The van der Waals surface area contributed by atoms with E-state index in [1.54, 1.807) is 25.4 Å². The van der Waals surface area contributed by atoms with Gasteiger partial charge in [0.05, 0.1) is 16.6 Å². The maximum absolute atomic E-state index is 14.8. The molecule has 5 rings (SSSR count). The second-order valence-corrected chi connectivity index (χ2v) is 7.57.